The van der Waals surface area contributed by atoms with Gasteiger partial charge in [-0.25, -0.2) is 17.9 Å². The molecule has 3 aromatic carbocycles. The molecule has 0 fully saturated rings. The van der Waals surface area contributed by atoms with Crippen LogP contribution in [0.3, 0.4) is 0 Å². The first kappa shape index (κ1) is 29.7. The van der Waals surface area contributed by atoms with E-state index in [1.807, 2.05) is 30.3 Å². The number of esters is 1. The molecule has 1 heterocycles. The summed E-state index contributed by atoms with van der Waals surface area (Å²) in [6.45, 7) is 0.802. The number of halogens is 3. The Bertz CT molecular complexity index is 1690. The van der Waals surface area contributed by atoms with Gasteiger partial charge in [0.15, 0.2) is 9.84 Å². The number of hydrogen-bond acceptors (Lipinski definition) is 8. The molecule has 0 radical (unpaired) electrons. The largest absolute Gasteiger partial charge is 0.573 e. The minimum Gasteiger partial charge on any atom is -0.461 e. The first-order chi connectivity index (χ1) is 19.4. The highest BCUT2D eigenvalue weighted by Gasteiger charge is 2.31. The number of aromatic nitrogens is 2. The van der Waals surface area contributed by atoms with E-state index in [2.05, 4.69) is 9.84 Å². The molecule has 0 saturated heterocycles. The Kier molecular flexibility index (Phi) is 9.08. The molecule has 4 rings (SSSR count). The summed E-state index contributed by atoms with van der Waals surface area (Å²) in [5.41, 5.74) is -0.446. The monoisotopic (exact) mass is 590 g/mol. The standard InChI is InChI=1S/C28H25F3N2O7S/c1-41(36,37)23-11-7-10-22-24(23)26(34)25(32-33(22)20-12-14-21(15-13-20)40-28(29,30)31)27(35)39-17-6-5-16-38-18-19-8-3-2-4-9-19/h2-4,7-15H,5-6,16-18H2,1H3. The molecule has 9 nitrogen and oxygen atoms in total. The fourth-order valence-electron chi connectivity index (χ4n) is 3.97. The van der Waals surface area contributed by atoms with Crippen molar-refractivity contribution < 1.29 is 40.6 Å². The van der Waals surface area contributed by atoms with Crippen molar-refractivity contribution in [3.8, 4) is 11.4 Å². The molecule has 13 heteroatoms. The number of ether oxygens (including phenoxy) is 3. The smallest absolute Gasteiger partial charge is 0.461 e. The maximum Gasteiger partial charge on any atom is 0.573 e. The van der Waals surface area contributed by atoms with Gasteiger partial charge in [0.2, 0.25) is 11.1 Å². The van der Waals surface area contributed by atoms with Gasteiger partial charge in [-0.3, -0.25) is 4.79 Å². The second-order valence-electron chi connectivity index (χ2n) is 8.93. The molecule has 0 aliphatic rings. The summed E-state index contributed by atoms with van der Waals surface area (Å²) in [5.74, 6) is -1.58. The fraction of sp³-hybridized carbons (Fsp3) is 0.250. The molecule has 0 aliphatic carbocycles. The number of carbonyl (C=O) groups excluding carboxylic acids is 1. The molecule has 0 N–H and O–H groups in total. The van der Waals surface area contributed by atoms with Crippen molar-refractivity contribution in [2.75, 3.05) is 19.5 Å². The summed E-state index contributed by atoms with van der Waals surface area (Å²) >= 11 is 0. The number of hydrogen-bond donors (Lipinski definition) is 0. The third-order valence-electron chi connectivity index (χ3n) is 5.81. The molecule has 0 amide bonds. The Morgan fingerprint density at radius 1 is 0.927 bits per heavy atom. The number of unbranched alkanes of at least 4 members (excludes halogenated alkanes) is 1. The lowest BCUT2D eigenvalue weighted by Crippen LogP contribution is -2.25. The molecular formula is C28H25F3N2O7S. The highest BCUT2D eigenvalue weighted by molar-refractivity contribution is 7.91. The van der Waals surface area contributed by atoms with Gasteiger partial charge < -0.3 is 14.2 Å². The van der Waals surface area contributed by atoms with Gasteiger partial charge in [-0.1, -0.05) is 36.4 Å². The van der Waals surface area contributed by atoms with Crippen LogP contribution in [0, 0.1) is 0 Å². The summed E-state index contributed by atoms with van der Waals surface area (Å²) in [7, 11) is -3.92. The Morgan fingerprint density at radius 3 is 2.27 bits per heavy atom. The van der Waals surface area contributed by atoms with Crippen molar-refractivity contribution in [2.45, 2.75) is 30.7 Å². The number of carbonyl (C=O) groups is 1. The minimum atomic E-state index is -4.90. The predicted octanol–water partition coefficient (Wildman–Crippen LogP) is 4.84. The lowest BCUT2D eigenvalue weighted by atomic mass is 10.2. The van der Waals surface area contributed by atoms with Crippen LogP contribution in [0.5, 0.6) is 5.75 Å². The summed E-state index contributed by atoms with van der Waals surface area (Å²) < 4.78 is 78.5. The first-order valence-corrected chi connectivity index (χ1v) is 14.2. The highest BCUT2D eigenvalue weighted by atomic mass is 32.2. The Hall–Kier alpha value is -4.23. The molecule has 0 spiro atoms. The summed E-state index contributed by atoms with van der Waals surface area (Å²) in [4.78, 5) is 25.9. The van der Waals surface area contributed by atoms with Crippen LogP contribution in [0.1, 0.15) is 28.9 Å². The van der Waals surface area contributed by atoms with Crippen molar-refractivity contribution >= 4 is 26.7 Å². The quantitative estimate of drug-likeness (QED) is 0.180. The molecule has 0 saturated carbocycles. The van der Waals surface area contributed by atoms with Gasteiger partial charge in [-0.05, 0) is 54.8 Å². The van der Waals surface area contributed by atoms with Gasteiger partial charge in [-0.2, -0.15) is 5.10 Å². The number of fused-ring (bicyclic) bond motifs is 1. The fourth-order valence-corrected chi connectivity index (χ4v) is 4.87. The minimum absolute atomic E-state index is 0.0227. The Labute approximate surface area is 233 Å². The summed E-state index contributed by atoms with van der Waals surface area (Å²) in [6.07, 6.45) is -3.00. The number of nitrogens with zero attached hydrogens (tertiary/aromatic N) is 2. The number of alkyl halides is 3. The zero-order valence-corrected chi connectivity index (χ0v) is 22.6. The van der Waals surface area contributed by atoms with Gasteiger partial charge in [0.25, 0.3) is 0 Å². The van der Waals surface area contributed by atoms with Gasteiger partial charge in [0, 0.05) is 12.9 Å². The van der Waals surface area contributed by atoms with E-state index in [0.717, 1.165) is 28.6 Å². The maximum atomic E-state index is 13.3. The van der Waals surface area contributed by atoms with Crippen LogP contribution in [0.25, 0.3) is 16.6 Å². The van der Waals surface area contributed by atoms with E-state index >= 15 is 0 Å². The third-order valence-corrected chi connectivity index (χ3v) is 6.95. The lowest BCUT2D eigenvalue weighted by Gasteiger charge is -2.15. The van der Waals surface area contributed by atoms with Crippen molar-refractivity contribution in [1.82, 2.24) is 9.78 Å². The first-order valence-electron chi connectivity index (χ1n) is 12.3. The van der Waals surface area contributed by atoms with Crippen LogP contribution >= 0.6 is 0 Å². The average molecular weight is 591 g/mol. The Morgan fingerprint density at radius 2 is 1.61 bits per heavy atom. The molecule has 4 aromatic rings. The zero-order valence-electron chi connectivity index (χ0n) is 21.8. The average Bonchev–Trinajstić information content (AvgIpc) is 2.92. The molecule has 41 heavy (non-hydrogen) atoms. The van der Waals surface area contributed by atoms with Crippen molar-refractivity contribution in [3.63, 3.8) is 0 Å². The van der Waals surface area contributed by atoms with Crippen molar-refractivity contribution in [3.05, 3.63) is 94.3 Å². The third kappa shape index (κ3) is 7.70. The van der Waals surface area contributed by atoms with Gasteiger partial charge in [0.05, 0.1) is 34.7 Å². The highest BCUT2D eigenvalue weighted by Crippen LogP contribution is 2.26. The van der Waals surface area contributed by atoms with E-state index in [4.69, 9.17) is 9.47 Å². The topological polar surface area (TPSA) is 114 Å². The van der Waals surface area contributed by atoms with Crippen LogP contribution in [0.15, 0.2) is 82.5 Å². The predicted molar refractivity (Wildman–Crippen MR) is 143 cm³/mol. The van der Waals surface area contributed by atoms with Crippen molar-refractivity contribution in [2.24, 2.45) is 0 Å². The SMILES string of the molecule is CS(=O)(=O)c1cccc2c1c(=O)c(C(=O)OCCCCOCc1ccccc1)nn2-c1ccc(OC(F)(F)F)cc1. The molecule has 1 aromatic heterocycles. The van der Waals surface area contributed by atoms with Crippen LogP contribution in [0.4, 0.5) is 13.2 Å². The summed E-state index contributed by atoms with van der Waals surface area (Å²) in [5, 5.41) is 3.80. The Balaban J connectivity index is 1.57. The zero-order chi connectivity index (χ0) is 29.6. The van der Waals surface area contributed by atoms with E-state index in [1.165, 1.54) is 30.3 Å². The number of rotatable bonds is 11. The number of sulfone groups is 1. The molecular weight excluding hydrogens is 565 g/mol. The summed E-state index contributed by atoms with van der Waals surface area (Å²) in [6, 6.07) is 18.1. The van der Waals surface area contributed by atoms with Crippen LogP contribution in [-0.2, 0) is 25.9 Å². The molecule has 0 unspecified atom stereocenters. The van der Waals surface area contributed by atoms with Crippen LogP contribution in [0.2, 0.25) is 0 Å². The van der Waals surface area contributed by atoms with Gasteiger partial charge >= 0.3 is 12.3 Å². The molecule has 0 bridgehead atoms. The van der Waals surface area contributed by atoms with Gasteiger partial charge in [0.1, 0.15) is 5.75 Å². The number of benzene rings is 3. The lowest BCUT2D eigenvalue weighted by molar-refractivity contribution is -0.274. The molecule has 0 aliphatic heterocycles. The van der Waals surface area contributed by atoms with E-state index < -0.39 is 39.0 Å². The normalized spacial score (nSPS) is 11.9. The van der Waals surface area contributed by atoms with E-state index in [9.17, 15) is 31.2 Å². The van der Waals surface area contributed by atoms with Gasteiger partial charge in [-0.15, -0.1) is 13.2 Å². The second-order valence-corrected chi connectivity index (χ2v) is 10.9. The maximum absolute atomic E-state index is 13.3. The molecule has 216 valence electrons. The van der Waals surface area contributed by atoms with Crippen molar-refractivity contribution in [1.29, 1.82) is 0 Å². The van der Waals surface area contributed by atoms with Crippen LogP contribution < -0.4 is 10.2 Å². The molecule has 0 atom stereocenters. The van der Waals surface area contributed by atoms with E-state index in [1.54, 1.807) is 0 Å². The second kappa shape index (κ2) is 12.5. The van der Waals surface area contributed by atoms with Crippen LogP contribution in [-0.4, -0.2) is 50.0 Å². The van der Waals surface area contributed by atoms with E-state index in [-0.39, 0.29) is 28.1 Å². The van der Waals surface area contributed by atoms with E-state index in [0.29, 0.717) is 26.1 Å².